The minimum absolute atomic E-state index is 0.0286. The molecule has 0 radical (unpaired) electrons. The molecule has 0 spiro atoms. The Kier molecular flexibility index (Phi) is 5.88. The minimum Gasteiger partial charge on any atom is -0.497 e. The fourth-order valence-electron chi connectivity index (χ4n) is 3.13. The summed E-state index contributed by atoms with van der Waals surface area (Å²) in [6, 6.07) is 7.73. The number of carbonyl (C=O) groups is 1. The number of benzene rings is 1. The lowest BCUT2D eigenvalue weighted by Gasteiger charge is -2.26. The van der Waals surface area contributed by atoms with Crippen molar-refractivity contribution in [2.24, 2.45) is 0 Å². The minimum atomic E-state index is -0.0508. The molecule has 2 heterocycles. The van der Waals surface area contributed by atoms with Gasteiger partial charge in [-0.15, -0.1) is 5.10 Å². The van der Waals surface area contributed by atoms with Gasteiger partial charge >= 0.3 is 0 Å². The second kappa shape index (κ2) is 8.18. The van der Waals surface area contributed by atoms with Gasteiger partial charge in [-0.3, -0.25) is 4.79 Å². The van der Waals surface area contributed by atoms with E-state index in [4.69, 9.17) is 4.74 Å². The van der Waals surface area contributed by atoms with E-state index in [0.29, 0.717) is 10.9 Å². The molecular weight excluding hydrogens is 374 g/mol. The van der Waals surface area contributed by atoms with Crippen LogP contribution in [-0.2, 0) is 11.2 Å². The molecule has 28 heavy (non-hydrogen) atoms. The molecule has 0 fully saturated rings. The summed E-state index contributed by atoms with van der Waals surface area (Å²) in [6.45, 7) is 5.88. The van der Waals surface area contributed by atoms with Crippen molar-refractivity contribution in [2.45, 2.75) is 38.4 Å². The Morgan fingerprint density at radius 1 is 1.25 bits per heavy atom. The van der Waals surface area contributed by atoms with Crippen molar-refractivity contribution in [3.63, 3.8) is 0 Å². The Morgan fingerprint density at radius 3 is 2.54 bits per heavy atom. The zero-order chi connectivity index (χ0) is 20.4. The Hall–Kier alpha value is -2.61. The smallest absolute Gasteiger partial charge is 0.253 e. The molecule has 0 saturated heterocycles. The van der Waals surface area contributed by atoms with Crippen molar-refractivity contribution < 1.29 is 9.53 Å². The number of aryl methyl sites for hydroxylation is 2. The van der Waals surface area contributed by atoms with Crippen LogP contribution < -0.4 is 4.74 Å². The number of fused-ring (bicyclic) bond motifs is 1. The van der Waals surface area contributed by atoms with Crippen LogP contribution in [-0.4, -0.2) is 50.8 Å². The van der Waals surface area contributed by atoms with E-state index < -0.39 is 0 Å². The largest absolute Gasteiger partial charge is 0.497 e. The molecule has 0 N–H and O–H groups in total. The third kappa shape index (κ3) is 3.82. The molecule has 148 valence electrons. The first-order valence-corrected chi connectivity index (χ1v) is 10.2. The van der Waals surface area contributed by atoms with Gasteiger partial charge < -0.3 is 9.64 Å². The number of ether oxygens (including phenoxy) is 1. The maximum Gasteiger partial charge on any atom is 0.253 e. The SMILES string of the molecule is COc1ccc(C(C)N(C)C(=O)Cc2c(C)nc3nc(SC)nn3c2C)cc1. The van der Waals surface area contributed by atoms with Crippen molar-refractivity contribution in [2.75, 3.05) is 20.4 Å². The van der Waals surface area contributed by atoms with Crippen molar-refractivity contribution in [1.29, 1.82) is 0 Å². The summed E-state index contributed by atoms with van der Waals surface area (Å²) in [4.78, 5) is 23.7. The number of methoxy groups -OCH3 is 1. The van der Waals surface area contributed by atoms with E-state index in [2.05, 4.69) is 15.1 Å². The zero-order valence-corrected chi connectivity index (χ0v) is 17.9. The maximum atomic E-state index is 13.0. The molecule has 1 amide bonds. The Labute approximate surface area is 169 Å². The Morgan fingerprint density at radius 2 is 1.93 bits per heavy atom. The van der Waals surface area contributed by atoms with Gasteiger partial charge in [-0.1, -0.05) is 23.9 Å². The van der Waals surface area contributed by atoms with E-state index in [0.717, 1.165) is 28.3 Å². The summed E-state index contributed by atoms with van der Waals surface area (Å²) in [6.07, 6.45) is 2.20. The number of likely N-dealkylation sites (N-methyl/N-ethyl adjacent to an activating group) is 1. The van der Waals surface area contributed by atoms with E-state index in [1.165, 1.54) is 11.8 Å². The highest BCUT2D eigenvalue weighted by atomic mass is 32.2. The lowest BCUT2D eigenvalue weighted by molar-refractivity contribution is -0.131. The third-order valence-corrected chi connectivity index (χ3v) is 5.65. The average molecular weight is 400 g/mol. The molecule has 0 aliphatic heterocycles. The predicted octanol–water partition coefficient (Wildman–Crippen LogP) is 3.23. The van der Waals surface area contributed by atoms with Gasteiger partial charge in [0.05, 0.1) is 19.6 Å². The molecule has 7 nitrogen and oxygen atoms in total. The second-order valence-electron chi connectivity index (χ2n) is 6.70. The van der Waals surface area contributed by atoms with Gasteiger partial charge in [-0.2, -0.15) is 4.98 Å². The lowest BCUT2D eigenvalue weighted by Crippen LogP contribution is -2.31. The number of nitrogens with zero attached hydrogens (tertiary/aromatic N) is 5. The molecule has 3 aromatic rings. The zero-order valence-electron chi connectivity index (χ0n) is 17.1. The highest BCUT2D eigenvalue weighted by molar-refractivity contribution is 7.98. The van der Waals surface area contributed by atoms with E-state index in [1.54, 1.807) is 16.5 Å². The van der Waals surface area contributed by atoms with Crippen LogP contribution in [0.15, 0.2) is 29.4 Å². The van der Waals surface area contributed by atoms with Gasteiger partial charge in [-0.25, -0.2) is 9.50 Å². The van der Waals surface area contributed by atoms with E-state index in [1.807, 2.05) is 58.3 Å². The van der Waals surface area contributed by atoms with Gasteiger partial charge in [0.2, 0.25) is 11.1 Å². The van der Waals surface area contributed by atoms with Crippen LogP contribution in [0.3, 0.4) is 0 Å². The first-order chi connectivity index (χ1) is 13.3. The number of rotatable bonds is 6. The van der Waals surface area contributed by atoms with Crippen molar-refractivity contribution in [3.05, 3.63) is 46.8 Å². The first-order valence-electron chi connectivity index (χ1n) is 9.02. The van der Waals surface area contributed by atoms with Crippen LogP contribution in [0.4, 0.5) is 0 Å². The number of hydrogen-bond donors (Lipinski definition) is 0. The number of carbonyl (C=O) groups excluding carboxylic acids is 1. The van der Waals surface area contributed by atoms with Crippen molar-refractivity contribution in [3.8, 4) is 5.75 Å². The van der Waals surface area contributed by atoms with Crippen LogP contribution in [0, 0.1) is 13.8 Å². The highest BCUT2D eigenvalue weighted by Crippen LogP contribution is 2.23. The molecule has 8 heteroatoms. The Balaban J connectivity index is 1.83. The molecule has 2 aromatic heterocycles. The summed E-state index contributed by atoms with van der Waals surface area (Å²) >= 11 is 1.47. The lowest BCUT2D eigenvalue weighted by atomic mass is 10.0. The predicted molar refractivity (Wildman–Crippen MR) is 110 cm³/mol. The molecular formula is C20H25N5O2S. The van der Waals surface area contributed by atoms with Crippen molar-refractivity contribution in [1.82, 2.24) is 24.5 Å². The molecule has 1 aromatic carbocycles. The normalized spacial score (nSPS) is 12.2. The van der Waals surface area contributed by atoms with Crippen molar-refractivity contribution >= 4 is 23.4 Å². The number of aromatic nitrogens is 4. The fraction of sp³-hybridized carbons (Fsp3) is 0.400. The first kappa shape index (κ1) is 20.1. The van der Waals surface area contributed by atoms with E-state index >= 15 is 0 Å². The standard InChI is InChI=1S/C20H25N5O2S/c1-12-17(14(3)25-19(21-12)22-20(23-25)28-6)11-18(26)24(4)13(2)15-7-9-16(27-5)10-8-15/h7-10,13H,11H2,1-6H3. The summed E-state index contributed by atoms with van der Waals surface area (Å²) in [5.74, 6) is 1.39. The van der Waals surface area contributed by atoms with Gasteiger partial charge in [0, 0.05) is 24.0 Å². The van der Waals surface area contributed by atoms with E-state index in [-0.39, 0.29) is 18.4 Å². The van der Waals surface area contributed by atoms with Crippen LogP contribution in [0.1, 0.15) is 35.5 Å². The molecule has 1 atom stereocenters. The quantitative estimate of drug-likeness (QED) is 0.593. The second-order valence-corrected chi connectivity index (χ2v) is 7.48. The monoisotopic (exact) mass is 399 g/mol. The molecule has 0 saturated carbocycles. The molecule has 0 bridgehead atoms. The topological polar surface area (TPSA) is 72.6 Å². The molecule has 0 aliphatic carbocycles. The van der Waals surface area contributed by atoms with Crippen LogP contribution in [0.5, 0.6) is 5.75 Å². The van der Waals surface area contributed by atoms with Crippen LogP contribution in [0.25, 0.3) is 5.78 Å². The summed E-state index contributed by atoms with van der Waals surface area (Å²) in [7, 11) is 3.47. The molecule has 0 aliphatic rings. The van der Waals surface area contributed by atoms with Gasteiger partial charge in [0.15, 0.2) is 0 Å². The van der Waals surface area contributed by atoms with Gasteiger partial charge in [0.1, 0.15) is 5.75 Å². The number of thioether (sulfide) groups is 1. The van der Waals surface area contributed by atoms with Crippen LogP contribution >= 0.6 is 11.8 Å². The summed E-state index contributed by atoms with van der Waals surface area (Å²) < 4.78 is 6.92. The number of amides is 1. The summed E-state index contributed by atoms with van der Waals surface area (Å²) in [5.41, 5.74) is 3.65. The average Bonchev–Trinajstić information content (AvgIpc) is 3.13. The third-order valence-electron chi connectivity index (χ3n) is 5.11. The molecule has 1 unspecified atom stereocenters. The van der Waals surface area contributed by atoms with E-state index in [9.17, 15) is 4.79 Å². The molecule has 3 rings (SSSR count). The maximum absolute atomic E-state index is 13.0. The van der Waals surface area contributed by atoms with Gasteiger partial charge in [-0.05, 0) is 44.7 Å². The highest BCUT2D eigenvalue weighted by Gasteiger charge is 2.21. The fourth-order valence-corrected chi connectivity index (χ4v) is 3.47. The van der Waals surface area contributed by atoms with Crippen LogP contribution in [0.2, 0.25) is 0 Å². The number of hydrogen-bond acceptors (Lipinski definition) is 6. The van der Waals surface area contributed by atoms with Gasteiger partial charge in [0.25, 0.3) is 5.78 Å². The summed E-state index contributed by atoms with van der Waals surface area (Å²) in [5, 5.41) is 5.12. The Bertz CT molecular complexity index is 1000.